The van der Waals surface area contributed by atoms with Gasteiger partial charge in [-0.05, 0) is 37.3 Å². The van der Waals surface area contributed by atoms with Crippen molar-refractivity contribution in [3.63, 3.8) is 0 Å². The fourth-order valence-electron chi connectivity index (χ4n) is 2.27. The summed E-state index contributed by atoms with van der Waals surface area (Å²) in [6.07, 6.45) is 0.424. The van der Waals surface area contributed by atoms with Gasteiger partial charge in [0, 0.05) is 29.1 Å². The number of thioether (sulfide) groups is 1. The fourth-order valence-corrected chi connectivity index (χ4v) is 4.42. The highest BCUT2D eigenvalue weighted by atomic mass is 35.5. The van der Waals surface area contributed by atoms with Crippen LogP contribution in [0.4, 0.5) is 0 Å². The van der Waals surface area contributed by atoms with Crippen molar-refractivity contribution in [1.82, 2.24) is 4.57 Å². The second-order valence-electron chi connectivity index (χ2n) is 5.47. The van der Waals surface area contributed by atoms with Gasteiger partial charge < -0.3 is 4.57 Å². The van der Waals surface area contributed by atoms with Crippen LogP contribution in [0.25, 0.3) is 10.2 Å². The molecule has 1 heterocycles. The fraction of sp³-hybridized carbons (Fsp3) is 0.222. The molecule has 6 heteroatoms. The van der Waals surface area contributed by atoms with Crippen LogP contribution in [0.2, 0.25) is 5.02 Å². The van der Waals surface area contributed by atoms with Crippen LogP contribution in [0.3, 0.4) is 0 Å². The standard InChI is InChI=1S/C18H17ClN2OS2/c1-12-3-6-14(7-4-12)23-10-9-17(22)20-18-21(2)15-8-5-13(19)11-16(15)24-18/h3-8,11H,9-10H2,1-2H3. The predicted molar refractivity (Wildman–Crippen MR) is 103 cm³/mol. The van der Waals surface area contributed by atoms with Gasteiger partial charge in [0.2, 0.25) is 5.91 Å². The smallest absolute Gasteiger partial charge is 0.249 e. The number of halogens is 1. The molecule has 0 saturated carbocycles. The van der Waals surface area contributed by atoms with Crippen molar-refractivity contribution in [2.75, 3.05) is 5.75 Å². The molecule has 0 atom stereocenters. The van der Waals surface area contributed by atoms with Gasteiger partial charge in [-0.2, -0.15) is 4.99 Å². The lowest BCUT2D eigenvalue weighted by Crippen LogP contribution is -2.13. The van der Waals surface area contributed by atoms with E-state index in [1.54, 1.807) is 11.8 Å². The number of hydrogen-bond acceptors (Lipinski definition) is 3. The molecule has 3 aromatic rings. The van der Waals surface area contributed by atoms with E-state index >= 15 is 0 Å². The van der Waals surface area contributed by atoms with E-state index in [4.69, 9.17) is 11.6 Å². The third-order valence-electron chi connectivity index (χ3n) is 3.60. The Morgan fingerprint density at radius 3 is 2.75 bits per heavy atom. The van der Waals surface area contributed by atoms with Crippen LogP contribution in [0.5, 0.6) is 0 Å². The number of hydrogen-bond donors (Lipinski definition) is 0. The van der Waals surface area contributed by atoms with Crippen LogP contribution >= 0.6 is 34.7 Å². The zero-order valence-electron chi connectivity index (χ0n) is 13.5. The first-order valence-corrected chi connectivity index (χ1v) is 9.73. The van der Waals surface area contributed by atoms with E-state index in [0.717, 1.165) is 16.0 Å². The number of thiazole rings is 1. The summed E-state index contributed by atoms with van der Waals surface area (Å²) in [5.74, 6) is 0.633. The first-order valence-electron chi connectivity index (χ1n) is 7.55. The van der Waals surface area contributed by atoms with Crippen LogP contribution in [0.15, 0.2) is 52.4 Å². The van der Waals surface area contributed by atoms with E-state index in [0.29, 0.717) is 16.2 Å². The quantitative estimate of drug-likeness (QED) is 0.612. The van der Waals surface area contributed by atoms with E-state index in [1.807, 2.05) is 29.8 Å². The molecular formula is C18H17ClN2OS2. The summed E-state index contributed by atoms with van der Waals surface area (Å²) in [4.78, 5) is 18.3. The molecule has 3 rings (SSSR count). The average molecular weight is 377 g/mol. The lowest BCUT2D eigenvalue weighted by atomic mass is 10.2. The number of rotatable bonds is 4. The molecule has 1 amide bonds. The zero-order chi connectivity index (χ0) is 17.1. The Bertz CT molecular complexity index is 942. The Hall–Kier alpha value is -1.56. The van der Waals surface area contributed by atoms with Gasteiger partial charge in [0.05, 0.1) is 10.2 Å². The van der Waals surface area contributed by atoms with Gasteiger partial charge in [0.1, 0.15) is 0 Å². The minimum atomic E-state index is -0.0946. The Morgan fingerprint density at radius 1 is 1.25 bits per heavy atom. The van der Waals surface area contributed by atoms with Gasteiger partial charge in [0.15, 0.2) is 4.80 Å². The molecule has 0 unspecified atom stereocenters. The summed E-state index contributed by atoms with van der Waals surface area (Å²) in [7, 11) is 1.92. The Morgan fingerprint density at radius 2 is 2.00 bits per heavy atom. The number of aryl methyl sites for hydroxylation is 2. The highest BCUT2D eigenvalue weighted by Gasteiger charge is 2.06. The van der Waals surface area contributed by atoms with E-state index in [2.05, 4.69) is 36.2 Å². The predicted octanol–water partition coefficient (Wildman–Crippen LogP) is 4.81. The van der Waals surface area contributed by atoms with Crippen molar-refractivity contribution in [1.29, 1.82) is 0 Å². The van der Waals surface area contributed by atoms with Gasteiger partial charge in [-0.1, -0.05) is 40.6 Å². The molecule has 24 heavy (non-hydrogen) atoms. The third kappa shape index (κ3) is 4.09. The zero-order valence-corrected chi connectivity index (χ0v) is 15.8. The molecule has 0 bridgehead atoms. The molecule has 1 aromatic heterocycles. The highest BCUT2D eigenvalue weighted by molar-refractivity contribution is 7.99. The highest BCUT2D eigenvalue weighted by Crippen LogP contribution is 2.21. The molecule has 0 aliphatic heterocycles. The minimum Gasteiger partial charge on any atom is -0.319 e. The molecule has 0 aliphatic rings. The maximum atomic E-state index is 12.1. The molecule has 0 fully saturated rings. The molecule has 3 nitrogen and oxygen atoms in total. The van der Waals surface area contributed by atoms with Crippen LogP contribution in [-0.4, -0.2) is 16.2 Å². The summed E-state index contributed by atoms with van der Waals surface area (Å²) in [5.41, 5.74) is 2.27. The largest absolute Gasteiger partial charge is 0.319 e. The van der Waals surface area contributed by atoms with Gasteiger partial charge >= 0.3 is 0 Å². The second kappa shape index (κ2) is 7.55. The Balaban J connectivity index is 1.68. The molecular weight excluding hydrogens is 360 g/mol. The van der Waals surface area contributed by atoms with Crippen molar-refractivity contribution in [3.05, 3.63) is 57.9 Å². The molecule has 124 valence electrons. The van der Waals surface area contributed by atoms with Gasteiger partial charge in [0.25, 0.3) is 0 Å². The number of fused-ring (bicyclic) bond motifs is 1. The van der Waals surface area contributed by atoms with Crippen molar-refractivity contribution in [2.45, 2.75) is 18.2 Å². The number of aromatic nitrogens is 1. The number of amides is 1. The first-order chi connectivity index (χ1) is 11.5. The number of benzene rings is 2. The molecule has 0 N–H and O–H groups in total. The van der Waals surface area contributed by atoms with Gasteiger partial charge in [-0.25, -0.2) is 0 Å². The lowest BCUT2D eigenvalue weighted by molar-refractivity contribution is -0.117. The SMILES string of the molecule is Cc1ccc(SCCC(=O)N=c2sc3cc(Cl)ccc3n2C)cc1. The minimum absolute atomic E-state index is 0.0946. The monoisotopic (exact) mass is 376 g/mol. The van der Waals surface area contributed by atoms with Crippen molar-refractivity contribution in [3.8, 4) is 0 Å². The van der Waals surface area contributed by atoms with Crippen molar-refractivity contribution < 1.29 is 4.79 Å². The van der Waals surface area contributed by atoms with E-state index in [-0.39, 0.29) is 5.91 Å². The topological polar surface area (TPSA) is 34.4 Å². The number of nitrogens with zero attached hydrogens (tertiary/aromatic N) is 2. The van der Waals surface area contributed by atoms with Gasteiger partial charge in [-0.3, -0.25) is 4.79 Å². The van der Waals surface area contributed by atoms with Gasteiger partial charge in [-0.15, -0.1) is 11.8 Å². The number of carbonyl (C=O) groups excluding carboxylic acids is 1. The van der Waals surface area contributed by atoms with Crippen molar-refractivity contribution in [2.24, 2.45) is 12.0 Å². The molecule has 0 spiro atoms. The maximum absolute atomic E-state index is 12.1. The van der Waals surface area contributed by atoms with E-state index < -0.39 is 0 Å². The number of carbonyl (C=O) groups is 1. The first kappa shape index (κ1) is 17.3. The summed E-state index contributed by atoms with van der Waals surface area (Å²) in [6, 6.07) is 14.0. The second-order valence-corrected chi connectivity index (χ2v) is 8.09. The third-order valence-corrected chi connectivity index (χ3v) is 5.94. The lowest BCUT2D eigenvalue weighted by Gasteiger charge is -2.00. The summed E-state index contributed by atoms with van der Waals surface area (Å²) in [6.45, 7) is 2.06. The van der Waals surface area contributed by atoms with Crippen LogP contribution in [0, 0.1) is 6.92 Å². The van der Waals surface area contributed by atoms with Crippen molar-refractivity contribution >= 4 is 50.8 Å². The summed E-state index contributed by atoms with van der Waals surface area (Å²) < 4.78 is 2.96. The normalized spacial score (nSPS) is 12.0. The molecule has 0 radical (unpaired) electrons. The van der Waals surface area contributed by atoms with Crippen LogP contribution < -0.4 is 4.80 Å². The molecule has 2 aromatic carbocycles. The van der Waals surface area contributed by atoms with Crippen LogP contribution in [0.1, 0.15) is 12.0 Å². The van der Waals surface area contributed by atoms with E-state index in [9.17, 15) is 4.79 Å². The Labute approximate surface area is 154 Å². The molecule has 0 saturated heterocycles. The van der Waals surface area contributed by atoms with E-state index in [1.165, 1.54) is 21.8 Å². The van der Waals surface area contributed by atoms with Crippen LogP contribution in [-0.2, 0) is 11.8 Å². The summed E-state index contributed by atoms with van der Waals surface area (Å²) in [5, 5.41) is 0.691. The summed E-state index contributed by atoms with van der Waals surface area (Å²) >= 11 is 9.18. The Kier molecular flexibility index (Phi) is 5.43. The maximum Gasteiger partial charge on any atom is 0.249 e. The molecule has 0 aliphatic carbocycles. The average Bonchev–Trinajstić information content (AvgIpc) is 2.84.